The number of hydrogen-bond acceptors (Lipinski definition) is 1. The fourth-order valence-corrected chi connectivity index (χ4v) is 2.93. The first-order chi connectivity index (χ1) is 7.65. The van der Waals surface area contributed by atoms with Crippen LogP contribution < -0.4 is 5.73 Å². The first kappa shape index (κ1) is 11.7. The van der Waals surface area contributed by atoms with Crippen LogP contribution in [0.15, 0.2) is 24.3 Å². The molecule has 0 saturated carbocycles. The highest BCUT2D eigenvalue weighted by molar-refractivity contribution is 5.35. The Morgan fingerprint density at radius 1 is 1.38 bits per heavy atom. The zero-order valence-corrected chi connectivity index (χ0v) is 10.5. The molecular weight excluding hydrogens is 194 g/mol. The van der Waals surface area contributed by atoms with Crippen molar-refractivity contribution in [3.05, 3.63) is 35.4 Å². The van der Waals surface area contributed by atoms with Crippen LogP contribution in [0.4, 0.5) is 0 Å². The molecule has 1 aliphatic carbocycles. The predicted molar refractivity (Wildman–Crippen MR) is 69.3 cm³/mol. The van der Waals surface area contributed by atoms with Gasteiger partial charge in [-0.15, -0.1) is 0 Å². The van der Waals surface area contributed by atoms with Crippen molar-refractivity contribution in [3.8, 4) is 0 Å². The monoisotopic (exact) mass is 217 g/mol. The molecule has 1 heteroatoms. The van der Waals surface area contributed by atoms with Gasteiger partial charge in [-0.2, -0.15) is 0 Å². The van der Waals surface area contributed by atoms with Crippen LogP contribution >= 0.6 is 0 Å². The third-order valence-electron chi connectivity index (χ3n) is 4.03. The van der Waals surface area contributed by atoms with E-state index in [1.54, 1.807) is 0 Å². The van der Waals surface area contributed by atoms with Gasteiger partial charge in [0, 0.05) is 5.54 Å². The fraction of sp³-hybridized carbons (Fsp3) is 0.600. The van der Waals surface area contributed by atoms with Crippen molar-refractivity contribution < 1.29 is 0 Å². The lowest BCUT2D eigenvalue weighted by Gasteiger charge is -2.37. The maximum absolute atomic E-state index is 6.65. The van der Waals surface area contributed by atoms with Gasteiger partial charge in [0.2, 0.25) is 0 Å². The molecule has 1 aliphatic rings. The number of nitrogens with two attached hydrogens (primary N) is 1. The van der Waals surface area contributed by atoms with Crippen molar-refractivity contribution in [3.63, 3.8) is 0 Å². The second-order valence-corrected chi connectivity index (χ2v) is 5.38. The number of rotatable bonds is 3. The summed E-state index contributed by atoms with van der Waals surface area (Å²) in [6, 6.07) is 8.74. The summed E-state index contributed by atoms with van der Waals surface area (Å²) in [5.41, 5.74) is 9.46. The topological polar surface area (TPSA) is 26.0 Å². The van der Waals surface area contributed by atoms with E-state index in [9.17, 15) is 0 Å². The van der Waals surface area contributed by atoms with Crippen LogP contribution in [0.5, 0.6) is 0 Å². The minimum atomic E-state index is -0.0652. The molecule has 2 atom stereocenters. The molecule has 0 aliphatic heterocycles. The summed E-state index contributed by atoms with van der Waals surface area (Å²) in [4.78, 5) is 0. The molecule has 0 aromatic heterocycles. The summed E-state index contributed by atoms with van der Waals surface area (Å²) in [5, 5.41) is 0. The molecule has 1 nitrogen and oxygen atoms in total. The van der Waals surface area contributed by atoms with Crippen LogP contribution in [-0.4, -0.2) is 0 Å². The Labute approximate surface area is 99.0 Å². The first-order valence-electron chi connectivity index (χ1n) is 6.53. The molecule has 2 rings (SSSR count). The Morgan fingerprint density at radius 2 is 2.12 bits per heavy atom. The molecule has 0 bridgehead atoms. The Morgan fingerprint density at radius 3 is 2.88 bits per heavy atom. The average Bonchev–Trinajstić information content (AvgIpc) is 2.29. The summed E-state index contributed by atoms with van der Waals surface area (Å²) in [5.74, 6) is 0.719. The zero-order valence-electron chi connectivity index (χ0n) is 10.5. The molecule has 0 fully saturated rings. The molecule has 2 unspecified atom stereocenters. The van der Waals surface area contributed by atoms with Crippen LogP contribution in [0, 0.1) is 5.92 Å². The Balaban J connectivity index is 2.29. The second-order valence-electron chi connectivity index (χ2n) is 5.38. The Hall–Kier alpha value is -0.820. The van der Waals surface area contributed by atoms with Crippen molar-refractivity contribution >= 4 is 0 Å². The van der Waals surface area contributed by atoms with Crippen molar-refractivity contribution in [1.29, 1.82) is 0 Å². The van der Waals surface area contributed by atoms with Gasteiger partial charge in [-0.05, 0) is 42.7 Å². The number of hydrogen-bond donors (Lipinski definition) is 1. The quantitative estimate of drug-likeness (QED) is 0.822. The summed E-state index contributed by atoms with van der Waals surface area (Å²) in [7, 11) is 0. The summed E-state index contributed by atoms with van der Waals surface area (Å²) < 4.78 is 0. The van der Waals surface area contributed by atoms with Crippen LogP contribution in [0.1, 0.15) is 50.7 Å². The molecule has 0 amide bonds. The third kappa shape index (κ3) is 2.15. The van der Waals surface area contributed by atoms with Gasteiger partial charge in [-0.1, -0.05) is 44.5 Å². The van der Waals surface area contributed by atoms with Crippen LogP contribution in [0.3, 0.4) is 0 Å². The highest BCUT2D eigenvalue weighted by Gasteiger charge is 2.33. The van der Waals surface area contributed by atoms with E-state index in [1.165, 1.54) is 30.4 Å². The molecule has 88 valence electrons. The maximum atomic E-state index is 6.65. The van der Waals surface area contributed by atoms with E-state index >= 15 is 0 Å². The summed E-state index contributed by atoms with van der Waals surface area (Å²) in [6.45, 7) is 4.56. The lowest BCUT2D eigenvalue weighted by molar-refractivity contribution is 0.289. The molecule has 2 N–H and O–H groups in total. The van der Waals surface area contributed by atoms with Crippen molar-refractivity contribution in [2.75, 3.05) is 0 Å². The van der Waals surface area contributed by atoms with E-state index in [0.29, 0.717) is 0 Å². The predicted octanol–water partition coefficient (Wildman–Crippen LogP) is 3.61. The zero-order chi connectivity index (χ0) is 11.6. The van der Waals surface area contributed by atoms with Gasteiger partial charge in [0.15, 0.2) is 0 Å². The SMILES string of the molecule is CCC(C)CC1(N)CCCc2ccccc21. The highest BCUT2D eigenvalue weighted by atomic mass is 14.7. The first-order valence-corrected chi connectivity index (χ1v) is 6.53. The summed E-state index contributed by atoms with van der Waals surface area (Å²) in [6.07, 6.45) is 5.94. The Bertz CT molecular complexity index is 358. The molecular formula is C15H23N. The third-order valence-corrected chi connectivity index (χ3v) is 4.03. The minimum Gasteiger partial charge on any atom is -0.321 e. The Kier molecular flexibility index (Phi) is 3.34. The van der Waals surface area contributed by atoms with Crippen LogP contribution in [0.25, 0.3) is 0 Å². The maximum Gasteiger partial charge on any atom is 0.0415 e. The molecule has 0 radical (unpaired) electrons. The summed E-state index contributed by atoms with van der Waals surface area (Å²) >= 11 is 0. The smallest absolute Gasteiger partial charge is 0.0415 e. The van der Waals surface area contributed by atoms with Crippen molar-refractivity contribution in [2.45, 2.75) is 51.5 Å². The van der Waals surface area contributed by atoms with Gasteiger partial charge >= 0.3 is 0 Å². The molecule has 0 heterocycles. The number of fused-ring (bicyclic) bond motifs is 1. The van der Waals surface area contributed by atoms with E-state index in [1.807, 2.05) is 0 Å². The van der Waals surface area contributed by atoms with Gasteiger partial charge in [0.25, 0.3) is 0 Å². The van der Waals surface area contributed by atoms with Crippen LogP contribution in [0.2, 0.25) is 0 Å². The van der Waals surface area contributed by atoms with E-state index in [2.05, 4.69) is 38.1 Å². The van der Waals surface area contributed by atoms with Gasteiger partial charge in [0.1, 0.15) is 0 Å². The minimum absolute atomic E-state index is 0.0652. The van der Waals surface area contributed by atoms with E-state index in [4.69, 9.17) is 5.73 Å². The molecule has 0 spiro atoms. The molecule has 1 aromatic carbocycles. The number of aryl methyl sites for hydroxylation is 1. The van der Waals surface area contributed by atoms with Crippen molar-refractivity contribution in [2.24, 2.45) is 11.7 Å². The van der Waals surface area contributed by atoms with E-state index < -0.39 is 0 Å². The lowest BCUT2D eigenvalue weighted by Crippen LogP contribution is -2.41. The normalized spacial score (nSPS) is 26.2. The average molecular weight is 217 g/mol. The van der Waals surface area contributed by atoms with Crippen molar-refractivity contribution in [1.82, 2.24) is 0 Å². The number of benzene rings is 1. The van der Waals surface area contributed by atoms with Gasteiger partial charge in [-0.25, -0.2) is 0 Å². The second kappa shape index (κ2) is 4.58. The largest absolute Gasteiger partial charge is 0.321 e. The van der Waals surface area contributed by atoms with Crippen LogP contribution in [-0.2, 0) is 12.0 Å². The van der Waals surface area contributed by atoms with E-state index in [-0.39, 0.29) is 5.54 Å². The molecule has 0 saturated heterocycles. The molecule has 1 aromatic rings. The highest BCUT2D eigenvalue weighted by Crippen LogP contribution is 2.38. The van der Waals surface area contributed by atoms with Gasteiger partial charge in [0.05, 0.1) is 0 Å². The van der Waals surface area contributed by atoms with Gasteiger partial charge in [-0.3, -0.25) is 0 Å². The standard InChI is InChI=1S/C15H23N/c1-3-12(2)11-15(16)10-6-8-13-7-4-5-9-14(13)15/h4-5,7,9,12H,3,6,8,10-11,16H2,1-2H3. The van der Waals surface area contributed by atoms with E-state index in [0.717, 1.165) is 18.8 Å². The molecule has 16 heavy (non-hydrogen) atoms. The fourth-order valence-electron chi connectivity index (χ4n) is 2.93. The lowest BCUT2D eigenvalue weighted by atomic mass is 9.72. The van der Waals surface area contributed by atoms with Gasteiger partial charge < -0.3 is 5.73 Å².